The van der Waals surface area contributed by atoms with Gasteiger partial charge >= 0.3 is 0 Å². The highest BCUT2D eigenvalue weighted by Crippen LogP contribution is 2.42. The second-order valence-corrected chi connectivity index (χ2v) is 16.8. The lowest BCUT2D eigenvalue weighted by Gasteiger charge is -2.15. The van der Waals surface area contributed by atoms with Gasteiger partial charge in [-0.15, -0.1) is 11.3 Å². The van der Waals surface area contributed by atoms with Crippen LogP contribution < -0.4 is 0 Å². The maximum atomic E-state index is 5.40. The van der Waals surface area contributed by atoms with Crippen molar-refractivity contribution in [2.24, 2.45) is 0 Å². The van der Waals surface area contributed by atoms with Crippen LogP contribution in [0.2, 0.25) is 0 Å². The number of rotatable bonds is 6. The van der Waals surface area contributed by atoms with Crippen molar-refractivity contribution in [1.29, 1.82) is 0 Å². The standard InChI is InChI=1S/C58H36N2S/c1-2-13-37(14-3-1)41-17-12-18-44(33-41)53-36-54(48-22-9-8-20-46(48)43-30-32-56-52(35-43)49-23-10-11-24-55(49)61-56)60-58(59-53)40-27-25-39(26-28-40)57-47-21-7-5-16-42(47)34-51-45-19-6-4-15-38(45)29-31-50(51)57/h1-36H. The summed E-state index contributed by atoms with van der Waals surface area (Å²) in [6.45, 7) is 0. The van der Waals surface area contributed by atoms with Crippen molar-refractivity contribution < 1.29 is 0 Å². The van der Waals surface area contributed by atoms with Crippen LogP contribution in [-0.4, -0.2) is 9.97 Å². The van der Waals surface area contributed by atoms with Crippen LogP contribution in [0.1, 0.15) is 0 Å². The number of hydrogen-bond acceptors (Lipinski definition) is 3. The fourth-order valence-electron chi connectivity index (χ4n) is 9.12. The van der Waals surface area contributed by atoms with Crippen LogP contribution in [0.4, 0.5) is 0 Å². The van der Waals surface area contributed by atoms with Crippen LogP contribution in [0.3, 0.4) is 0 Å². The Hall–Kier alpha value is -7.72. The third-order valence-electron chi connectivity index (χ3n) is 12.1. The zero-order valence-corrected chi connectivity index (χ0v) is 33.9. The minimum atomic E-state index is 0.687. The normalized spacial score (nSPS) is 11.6. The summed E-state index contributed by atoms with van der Waals surface area (Å²) in [6.07, 6.45) is 0. The molecule has 0 unspecified atom stereocenters. The first-order chi connectivity index (χ1) is 30.2. The van der Waals surface area contributed by atoms with Gasteiger partial charge < -0.3 is 0 Å². The lowest BCUT2D eigenvalue weighted by atomic mass is 9.89. The Morgan fingerprint density at radius 2 is 0.918 bits per heavy atom. The second-order valence-electron chi connectivity index (χ2n) is 15.7. The van der Waals surface area contributed by atoms with Gasteiger partial charge in [0.1, 0.15) is 0 Å². The molecule has 0 bridgehead atoms. The predicted octanol–water partition coefficient (Wildman–Crippen LogP) is 16.3. The van der Waals surface area contributed by atoms with Crippen molar-refractivity contribution in [3.8, 4) is 67.3 Å². The van der Waals surface area contributed by atoms with Crippen LogP contribution in [0, 0.1) is 0 Å². The smallest absolute Gasteiger partial charge is 0.160 e. The highest BCUT2D eigenvalue weighted by Gasteiger charge is 2.17. The summed E-state index contributed by atoms with van der Waals surface area (Å²) in [5, 5.41) is 10.1. The van der Waals surface area contributed by atoms with Crippen molar-refractivity contribution in [3.63, 3.8) is 0 Å². The summed E-state index contributed by atoms with van der Waals surface area (Å²) in [6, 6.07) is 78.7. The molecule has 2 heterocycles. The number of hydrogen-bond donors (Lipinski definition) is 0. The van der Waals surface area contributed by atoms with Crippen LogP contribution in [-0.2, 0) is 0 Å². The Labute approximate surface area is 357 Å². The van der Waals surface area contributed by atoms with Crippen LogP contribution in [0.5, 0.6) is 0 Å². The van der Waals surface area contributed by atoms with E-state index in [1.807, 2.05) is 11.3 Å². The minimum absolute atomic E-state index is 0.687. The molecule has 2 aromatic heterocycles. The van der Waals surface area contributed by atoms with Gasteiger partial charge in [-0.2, -0.15) is 0 Å². The number of thiophene rings is 1. The molecule has 0 saturated carbocycles. The van der Waals surface area contributed by atoms with Crippen LogP contribution >= 0.6 is 11.3 Å². The Morgan fingerprint density at radius 3 is 1.79 bits per heavy atom. The van der Waals surface area contributed by atoms with Crippen molar-refractivity contribution in [2.45, 2.75) is 0 Å². The van der Waals surface area contributed by atoms with Gasteiger partial charge in [0.05, 0.1) is 11.4 Å². The average molecular weight is 793 g/mol. The molecule has 0 aliphatic heterocycles. The molecular formula is C58H36N2S. The highest BCUT2D eigenvalue weighted by atomic mass is 32.1. The average Bonchev–Trinajstić information content (AvgIpc) is 3.71. The molecule has 12 rings (SSSR count). The summed E-state index contributed by atoms with van der Waals surface area (Å²) in [5.41, 5.74) is 11.9. The number of aromatic nitrogens is 2. The quantitative estimate of drug-likeness (QED) is 0.124. The number of nitrogens with zero attached hydrogens (tertiary/aromatic N) is 2. The van der Waals surface area contributed by atoms with E-state index < -0.39 is 0 Å². The van der Waals surface area contributed by atoms with Gasteiger partial charge in [-0.25, -0.2) is 9.97 Å². The van der Waals surface area contributed by atoms with E-state index in [2.05, 4.69) is 218 Å². The molecule has 0 atom stereocenters. The molecule has 0 saturated heterocycles. The van der Waals surface area contributed by atoms with Gasteiger partial charge in [0, 0.05) is 36.9 Å². The first-order valence-corrected chi connectivity index (χ1v) is 21.5. The third-order valence-corrected chi connectivity index (χ3v) is 13.2. The monoisotopic (exact) mass is 792 g/mol. The molecule has 0 amide bonds. The molecule has 0 aliphatic rings. The van der Waals surface area contributed by atoms with Gasteiger partial charge in [0.25, 0.3) is 0 Å². The molecule has 0 spiro atoms. The summed E-state index contributed by atoms with van der Waals surface area (Å²) in [4.78, 5) is 10.7. The van der Waals surface area contributed by atoms with E-state index in [-0.39, 0.29) is 0 Å². The molecule has 61 heavy (non-hydrogen) atoms. The predicted molar refractivity (Wildman–Crippen MR) is 260 cm³/mol. The maximum absolute atomic E-state index is 5.40. The fourth-order valence-corrected chi connectivity index (χ4v) is 10.2. The molecule has 0 fully saturated rings. The van der Waals surface area contributed by atoms with E-state index in [9.17, 15) is 0 Å². The fraction of sp³-hybridized carbons (Fsp3) is 0. The van der Waals surface area contributed by atoms with Gasteiger partial charge in [-0.1, -0.05) is 182 Å². The molecule has 0 aliphatic carbocycles. The maximum Gasteiger partial charge on any atom is 0.160 e. The lowest BCUT2D eigenvalue weighted by Crippen LogP contribution is -1.97. The van der Waals surface area contributed by atoms with Gasteiger partial charge in [-0.05, 0) is 102 Å². The van der Waals surface area contributed by atoms with Crippen molar-refractivity contribution in [1.82, 2.24) is 9.97 Å². The minimum Gasteiger partial charge on any atom is -0.228 e. The molecule has 12 aromatic rings. The Bertz CT molecular complexity index is 3640. The largest absolute Gasteiger partial charge is 0.228 e. The highest BCUT2D eigenvalue weighted by molar-refractivity contribution is 7.25. The third kappa shape index (κ3) is 6.18. The van der Waals surface area contributed by atoms with Gasteiger partial charge in [0.2, 0.25) is 0 Å². The van der Waals surface area contributed by atoms with E-state index in [1.54, 1.807) is 0 Å². The van der Waals surface area contributed by atoms with E-state index in [0.29, 0.717) is 5.82 Å². The van der Waals surface area contributed by atoms with Crippen LogP contribution in [0.15, 0.2) is 218 Å². The molecule has 0 radical (unpaired) electrons. The SMILES string of the molecule is c1ccc(-c2cccc(-c3cc(-c4ccccc4-c4ccc5sc6ccccc6c5c4)nc(-c4ccc(-c5c6ccccc6cc6c5ccc5ccccc56)cc4)n3)c2)cc1. The summed E-state index contributed by atoms with van der Waals surface area (Å²) in [5.74, 6) is 0.687. The number of fused-ring (bicyclic) bond motifs is 7. The van der Waals surface area contributed by atoms with E-state index in [4.69, 9.17) is 9.97 Å². The Morgan fingerprint density at radius 1 is 0.279 bits per heavy atom. The first kappa shape index (κ1) is 35.2. The lowest BCUT2D eigenvalue weighted by molar-refractivity contribution is 1.18. The molecular weight excluding hydrogens is 757 g/mol. The first-order valence-electron chi connectivity index (χ1n) is 20.7. The topological polar surface area (TPSA) is 25.8 Å². The molecule has 2 nitrogen and oxygen atoms in total. The van der Waals surface area contributed by atoms with Crippen molar-refractivity contribution in [2.75, 3.05) is 0 Å². The molecule has 10 aromatic carbocycles. The Balaban J connectivity index is 1.03. The summed E-state index contributed by atoms with van der Waals surface area (Å²) >= 11 is 1.84. The van der Waals surface area contributed by atoms with E-state index in [0.717, 1.165) is 44.8 Å². The van der Waals surface area contributed by atoms with Crippen LogP contribution in [0.25, 0.3) is 120 Å². The molecule has 284 valence electrons. The summed E-state index contributed by atoms with van der Waals surface area (Å²) in [7, 11) is 0. The zero-order valence-electron chi connectivity index (χ0n) is 33.1. The summed E-state index contributed by atoms with van der Waals surface area (Å²) < 4.78 is 2.60. The molecule has 0 N–H and O–H groups in total. The second kappa shape index (κ2) is 14.5. The van der Waals surface area contributed by atoms with E-state index in [1.165, 1.54) is 69.2 Å². The Kier molecular flexibility index (Phi) is 8.39. The molecule has 3 heteroatoms. The number of benzene rings is 10. The zero-order chi connectivity index (χ0) is 40.3. The van der Waals surface area contributed by atoms with Gasteiger partial charge in [-0.3, -0.25) is 0 Å². The van der Waals surface area contributed by atoms with E-state index >= 15 is 0 Å². The van der Waals surface area contributed by atoms with Gasteiger partial charge in [0.15, 0.2) is 5.82 Å². The van der Waals surface area contributed by atoms with Crippen molar-refractivity contribution >= 4 is 63.8 Å². The van der Waals surface area contributed by atoms with Crippen molar-refractivity contribution in [3.05, 3.63) is 218 Å².